The van der Waals surface area contributed by atoms with E-state index in [1.54, 1.807) is 14.2 Å². The minimum atomic E-state index is 0. The van der Waals surface area contributed by atoms with Gasteiger partial charge in [-0.15, -0.1) is 24.0 Å². The van der Waals surface area contributed by atoms with Crippen LogP contribution in [0.1, 0.15) is 12.0 Å². The molecule has 1 heterocycles. The highest BCUT2D eigenvalue weighted by Crippen LogP contribution is 2.38. The molecule has 0 unspecified atom stereocenters. The zero-order valence-corrected chi connectivity index (χ0v) is 19.0. The fourth-order valence-corrected chi connectivity index (χ4v) is 2.77. The Bertz CT molecular complexity index is 590. The second kappa shape index (κ2) is 14.1. The molecule has 1 aromatic carbocycles. The number of methoxy groups -OCH3 is 1. The monoisotopic (exact) mass is 513 g/mol. The lowest BCUT2D eigenvalue weighted by atomic mass is 10.1. The van der Waals surface area contributed by atoms with E-state index in [0.717, 1.165) is 43.2 Å². The number of halogens is 2. The summed E-state index contributed by atoms with van der Waals surface area (Å²) in [6, 6.07) is 3.90. The van der Waals surface area contributed by atoms with Gasteiger partial charge >= 0.3 is 0 Å². The molecule has 0 saturated heterocycles. The van der Waals surface area contributed by atoms with Crippen LogP contribution in [0.3, 0.4) is 0 Å². The highest BCUT2D eigenvalue weighted by molar-refractivity contribution is 14.0. The third kappa shape index (κ3) is 8.71. The van der Waals surface area contributed by atoms with Gasteiger partial charge in [-0.05, 0) is 30.5 Å². The topological polar surface area (TPSA) is 73.3 Å². The number of hydrogen-bond donors (Lipinski definition) is 2. The molecule has 0 bridgehead atoms. The van der Waals surface area contributed by atoms with E-state index in [2.05, 4.69) is 15.6 Å². The van der Waals surface area contributed by atoms with Gasteiger partial charge in [0.15, 0.2) is 17.5 Å². The molecule has 27 heavy (non-hydrogen) atoms. The van der Waals surface area contributed by atoms with Gasteiger partial charge in [0.05, 0.1) is 18.2 Å². The standard InChI is InChI=1S/C18H28ClN3O4.HI/c1-20-18(21-5-3-7-24-9-8-23-2)22-6-4-14-12-15(19)17-16(13-14)25-10-11-26-17;/h12-13H,3-11H2,1-2H3,(H2,20,21,22);1H. The summed E-state index contributed by atoms with van der Waals surface area (Å²) in [6.07, 6.45) is 1.71. The summed E-state index contributed by atoms with van der Waals surface area (Å²) in [7, 11) is 3.42. The summed E-state index contributed by atoms with van der Waals surface area (Å²) in [5, 5.41) is 7.15. The lowest BCUT2D eigenvalue weighted by Crippen LogP contribution is -2.39. The minimum absolute atomic E-state index is 0. The summed E-state index contributed by atoms with van der Waals surface area (Å²) < 4.78 is 21.5. The van der Waals surface area contributed by atoms with E-state index < -0.39 is 0 Å². The SMILES string of the molecule is CN=C(NCCCOCCOC)NCCc1cc(Cl)c2c(c1)OCCO2.I. The van der Waals surface area contributed by atoms with Gasteiger partial charge in [0.2, 0.25) is 0 Å². The first-order chi connectivity index (χ1) is 12.7. The highest BCUT2D eigenvalue weighted by atomic mass is 127. The van der Waals surface area contributed by atoms with Crippen LogP contribution in [-0.4, -0.2) is 66.2 Å². The van der Waals surface area contributed by atoms with Crippen molar-refractivity contribution in [1.29, 1.82) is 0 Å². The van der Waals surface area contributed by atoms with Gasteiger partial charge in [0.25, 0.3) is 0 Å². The third-order valence-corrected chi connectivity index (χ3v) is 4.06. The molecule has 9 heteroatoms. The van der Waals surface area contributed by atoms with Gasteiger partial charge < -0.3 is 29.6 Å². The van der Waals surface area contributed by atoms with Crippen LogP contribution in [0.5, 0.6) is 11.5 Å². The van der Waals surface area contributed by atoms with Crippen LogP contribution in [-0.2, 0) is 15.9 Å². The number of fused-ring (bicyclic) bond motifs is 1. The van der Waals surface area contributed by atoms with E-state index in [1.165, 1.54) is 0 Å². The predicted molar refractivity (Wildman–Crippen MR) is 118 cm³/mol. The Kier molecular flexibility index (Phi) is 12.6. The lowest BCUT2D eigenvalue weighted by molar-refractivity contribution is 0.0698. The molecular weight excluding hydrogens is 485 g/mol. The summed E-state index contributed by atoms with van der Waals surface area (Å²) >= 11 is 6.26. The Hall–Kier alpha value is -0.970. The summed E-state index contributed by atoms with van der Waals surface area (Å²) in [5.74, 6) is 2.13. The van der Waals surface area contributed by atoms with Gasteiger partial charge in [-0.2, -0.15) is 0 Å². The minimum Gasteiger partial charge on any atom is -0.486 e. The number of hydrogen-bond acceptors (Lipinski definition) is 5. The van der Waals surface area contributed by atoms with Crippen molar-refractivity contribution in [3.63, 3.8) is 0 Å². The molecule has 0 aliphatic carbocycles. The molecule has 0 fully saturated rings. The molecule has 1 aromatic rings. The van der Waals surface area contributed by atoms with Gasteiger partial charge in [-0.25, -0.2) is 0 Å². The Balaban J connectivity index is 0.00000364. The van der Waals surface area contributed by atoms with Gasteiger partial charge in [-0.3, -0.25) is 4.99 Å². The van der Waals surface area contributed by atoms with Crippen molar-refractivity contribution in [3.05, 3.63) is 22.7 Å². The highest BCUT2D eigenvalue weighted by Gasteiger charge is 2.16. The smallest absolute Gasteiger partial charge is 0.190 e. The quantitative estimate of drug-likeness (QED) is 0.217. The summed E-state index contributed by atoms with van der Waals surface area (Å²) in [6.45, 7) is 4.57. The zero-order chi connectivity index (χ0) is 18.6. The van der Waals surface area contributed by atoms with Crippen LogP contribution in [0.25, 0.3) is 0 Å². The fraction of sp³-hybridized carbons (Fsp3) is 0.611. The number of nitrogens with zero attached hydrogens (tertiary/aromatic N) is 1. The molecule has 0 radical (unpaired) electrons. The maximum absolute atomic E-state index is 6.26. The maximum Gasteiger partial charge on any atom is 0.190 e. The first kappa shape index (κ1) is 24.1. The zero-order valence-electron chi connectivity index (χ0n) is 15.9. The van der Waals surface area contributed by atoms with Crippen molar-refractivity contribution in [3.8, 4) is 11.5 Å². The van der Waals surface area contributed by atoms with Crippen molar-refractivity contribution < 1.29 is 18.9 Å². The molecule has 2 rings (SSSR count). The molecule has 0 saturated carbocycles. The van der Waals surface area contributed by atoms with E-state index in [0.29, 0.717) is 43.8 Å². The van der Waals surface area contributed by atoms with E-state index in [1.807, 2.05) is 12.1 Å². The van der Waals surface area contributed by atoms with E-state index in [-0.39, 0.29) is 24.0 Å². The largest absolute Gasteiger partial charge is 0.486 e. The van der Waals surface area contributed by atoms with Crippen molar-refractivity contribution in [2.24, 2.45) is 4.99 Å². The average molecular weight is 514 g/mol. The van der Waals surface area contributed by atoms with Crippen LogP contribution in [0.2, 0.25) is 5.02 Å². The summed E-state index contributed by atoms with van der Waals surface area (Å²) in [4.78, 5) is 4.22. The number of ether oxygens (including phenoxy) is 4. The third-order valence-electron chi connectivity index (χ3n) is 3.78. The molecule has 0 spiro atoms. The molecule has 2 N–H and O–H groups in total. The number of nitrogens with one attached hydrogen (secondary N) is 2. The van der Waals surface area contributed by atoms with E-state index in [4.69, 9.17) is 30.5 Å². The molecule has 0 atom stereocenters. The van der Waals surface area contributed by atoms with Crippen molar-refractivity contribution in [1.82, 2.24) is 10.6 Å². The van der Waals surface area contributed by atoms with E-state index in [9.17, 15) is 0 Å². The fourth-order valence-electron chi connectivity index (χ4n) is 2.48. The molecule has 7 nitrogen and oxygen atoms in total. The first-order valence-electron chi connectivity index (χ1n) is 8.84. The molecule has 1 aliphatic rings. The second-order valence-corrected chi connectivity index (χ2v) is 6.14. The van der Waals surface area contributed by atoms with E-state index >= 15 is 0 Å². The normalized spacial score (nSPS) is 13.1. The maximum atomic E-state index is 6.26. The van der Waals surface area contributed by atoms with Crippen LogP contribution >= 0.6 is 35.6 Å². The van der Waals surface area contributed by atoms with Gasteiger partial charge in [-0.1, -0.05) is 11.6 Å². The van der Waals surface area contributed by atoms with Crippen LogP contribution in [0, 0.1) is 0 Å². The van der Waals surface area contributed by atoms with Crippen molar-refractivity contribution >= 4 is 41.5 Å². The van der Waals surface area contributed by atoms with Crippen LogP contribution in [0.15, 0.2) is 17.1 Å². The Morgan fingerprint density at radius 1 is 1.15 bits per heavy atom. The Labute approximate surface area is 183 Å². The van der Waals surface area contributed by atoms with Crippen molar-refractivity contribution in [2.75, 3.05) is 60.3 Å². The first-order valence-corrected chi connectivity index (χ1v) is 9.21. The average Bonchev–Trinajstić information content (AvgIpc) is 2.66. The number of guanidine groups is 1. The molecule has 0 aromatic heterocycles. The molecular formula is C18H29ClIN3O4. The van der Waals surface area contributed by atoms with Crippen LogP contribution in [0.4, 0.5) is 0 Å². The van der Waals surface area contributed by atoms with Gasteiger partial charge in [0, 0.05) is 33.9 Å². The molecule has 154 valence electrons. The van der Waals surface area contributed by atoms with Crippen molar-refractivity contribution in [2.45, 2.75) is 12.8 Å². The molecule has 0 amide bonds. The Morgan fingerprint density at radius 2 is 1.93 bits per heavy atom. The number of rotatable bonds is 10. The van der Waals surface area contributed by atoms with Gasteiger partial charge in [0.1, 0.15) is 13.2 Å². The summed E-state index contributed by atoms with van der Waals surface area (Å²) in [5.41, 5.74) is 1.09. The Morgan fingerprint density at radius 3 is 2.70 bits per heavy atom. The number of benzene rings is 1. The lowest BCUT2D eigenvalue weighted by Gasteiger charge is -2.20. The number of aliphatic imine (C=N–C) groups is 1. The molecule has 1 aliphatic heterocycles. The predicted octanol–water partition coefficient (Wildman–Crippen LogP) is 2.49. The van der Waals surface area contributed by atoms with Crippen LogP contribution < -0.4 is 20.1 Å². The second-order valence-electron chi connectivity index (χ2n) is 5.74.